The van der Waals surface area contributed by atoms with Crippen molar-refractivity contribution in [2.45, 2.75) is 25.2 Å². The molecule has 0 atom stereocenters. The van der Waals surface area contributed by atoms with Gasteiger partial charge >= 0.3 is 0 Å². The van der Waals surface area contributed by atoms with Crippen LogP contribution in [0.3, 0.4) is 0 Å². The largest absolute Gasteiger partial charge is 0.340 e. The second-order valence-corrected chi connectivity index (χ2v) is 9.69. The molecule has 9 heteroatoms. The summed E-state index contributed by atoms with van der Waals surface area (Å²) in [5, 5.41) is 9.35. The predicted molar refractivity (Wildman–Crippen MR) is 136 cm³/mol. The van der Waals surface area contributed by atoms with Crippen molar-refractivity contribution in [1.29, 1.82) is 0 Å². The fraction of sp³-hybridized carbons (Fsp3) is 0.115. The van der Waals surface area contributed by atoms with Gasteiger partial charge in [0.2, 0.25) is 5.88 Å². The third kappa shape index (κ3) is 4.58. The molecule has 0 amide bonds. The quantitative estimate of drug-likeness (QED) is 0.304. The summed E-state index contributed by atoms with van der Waals surface area (Å²) in [6, 6.07) is 22.5. The van der Waals surface area contributed by atoms with Crippen LogP contribution < -0.4 is 10.0 Å². The monoisotopic (exact) mass is 485 g/mol. The molecule has 0 aliphatic heterocycles. The average molecular weight is 486 g/mol. The Hall–Kier alpha value is -4.24. The molecular weight excluding hydrogens is 462 g/mol. The molecular formula is C26H23N5O3S. The molecule has 2 N–H and O–H groups in total. The molecule has 0 radical (unpaired) electrons. The summed E-state index contributed by atoms with van der Waals surface area (Å²) < 4.78 is 33.2. The van der Waals surface area contributed by atoms with Gasteiger partial charge in [0.1, 0.15) is 12.1 Å². The minimum atomic E-state index is -3.82. The van der Waals surface area contributed by atoms with E-state index in [0.717, 1.165) is 27.7 Å². The van der Waals surface area contributed by atoms with E-state index in [-0.39, 0.29) is 10.8 Å². The lowest BCUT2D eigenvalue weighted by molar-refractivity contribution is 0.427. The van der Waals surface area contributed by atoms with Crippen molar-refractivity contribution in [1.82, 2.24) is 15.1 Å². The first-order chi connectivity index (χ1) is 16.9. The van der Waals surface area contributed by atoms with E-state index in [1.807, 2.05) is 37.3 Å². The van der Waals surface area contributed by atoms with Gasteiger partial charge in [-0.25, -0.2) is 23.1 Å². The molecule has 0 bridgehead atoms. The molecule has 2 heterocycles. The maximum absolute atomic E-state index is 12.8. The van der Waals surface area contributed by atoms with Crippen LogP contribution in [0, 0.1) is 6.92 Å². The summed E-state index contributed by atoms with van der Waals surface area (Å²) in [7, 11) is -3.82. The number of aromatic nitrogens is 3. The Morgan fingerprint density at radius 3 is 2.49 bits per heavy atom. The summed E-state index contributed by atoms with van der Waals surface area (Å²) in [5.41, 5.74) is 3.89. The topological polar surface area (TPSA) is 110 Å². The highest BCUT2D eigenvalue weighted by atomic mass is 32.2. The molecule has 35 heavy (non-hydrogen) atoms. The predicted octanol–water partition coefficient (Wildman–Crippen LogP) is 5.70. The second kappa shape index (κ2) is 9.19. The minimum Gasteiger partial charge on any atom is -0.340 e. The third-order valence-corrected chi connectivity index (χ3v) is 7.10. The Labute approximate surface area is 203 Å². The Morgan fingerprint density at radius 2 is 1.71 bits per heavy atom. The number of sulfonamides is 1. The summed E-state index contributed by atoms with van der Waals surface area (Å²) in [5.74, 6) is 0.729. The summed E-state index contributed by atoms with van der Waals surface area (Å²) in [6.07, 6.45) is 2.16. The zero-order valence-corrected chi connectivity index (χ0v) is 20.0. The van der Waals surface area contributed by atoms with E-state index in [4.69, 9.17) is 4.52 Å². The van der Waals surface area contributed by atoms with Crippen LogP contribution in [-0.2, 0) is 16.4 Å². The van der Waals surface area contributed by atoms with Crippen LogP contribution in [-0.4, -0.2) is 23.5 Å². The Bertz CT molecular complexity index is 1610. The average Bonchev–Trinajstić information content (AvgIpc) is 3.22. The molecule has 8 nitrogen and oxygen atoms in total. The Kier molecular flexibility index (Phi) is 5.92. The Balaban J connectivity index is 1.36. The molecule has 2 aromatic heterocycles. The van der Waals surface area contributed by atoms with Gasteiger partial charge in [0.15, 0.2) is 0 Å². The molecule has 0 saturated heterocycles. The van der Waals surface area contributed by atoms with E-state index in [1.165, 1.54) is 18.5 Å². The van der Waals surface area contributed by atoms with Crippen LogP contribution >= 0.6 is 0 Å². The molecule has 5 rings (SSSR count). The van der Waals surface area contributed by atoms with Crippen LogP contribution in [0.4, 0.5) is 17.4 Å². The van der Waals surface area contributed by atoms with E-state index in [9.17, 15) is 8.42 Å². The van der Waals surface area contributed by atoms with Crippen molar-refractivity contribution in [2.75, 3.05) is 10.0 Å². The number of nitrogens with zero attached hydrogens (tertiary/aromatic N) is 3. The molecule has 0 spiro atoms. The minimum absolute atomic E-state index is 0.107. The molecule has 0 aliphatic carbocycles. The van der Waals surface area contributed by atoms with Crippen molar-refractivity contribution in [3.05, 3.63) is 90.4 Å². The molecule has 0 fully saturated rings. The summed E-state index contributed by atoms with van der Waals surface area (Å²) in [4.78, 5) is 8.87. The summed E-state index contributed by atoms with van der Waals surface area (Å²) in [6.45, 7) is 3.70. The number of benzene rings is 3. The maximum atomic E-state index is 12.8. The van der Waals surface area contributed by atoms with E-state index in [2.05, 4.69) is 43.4 Å². The molecule has 5 aromatic rings. The van der Waals surface area contributed by atoms with Crippen LogP contribution in [0.5, 0.6) is 0 Å². The zero-order valence-electron chi connectivity index (χ0n) is 19.2. The number of fused-ring (bicyclic) bond motifs is 1. The highest BCUT2D eigenvalue weighted by molar-refractivity contribution is 7.92. The first kappa shape index (κ1) is 22.5. The highest BCUT2D eigenvalue weighted by Gasteiger charge is 2.19. The fourth-order valence-electron chi connectivity index (χ4n) is 3.86. The van der Waals surface area contributed by atoms with Crippen molar-refractivity contribution in [3.8, 4) is 11.3 Å². The summed E-state index contributed by atoms with van der Waals surface area (Å²) >= 11 is 0. The van der Waals surface area contributed by atoms with E-state index >= 15 is 0 Å². The van der Waals surface area contributed by atoms with Gasteiger partial charge in [-0.2, -0.15) is 0 Å². The number of nitrogens with one attached hydrogen (secondary N) is 2. The normalized spacial score (nSPS) is 11.5. The molecule has 0 aliphatic rings. The standard InChI is InChI=1S/C26H23N5O3S/c1-3-23-17(2)26(34-30-23)31-35(32,33)20-13-11-19(12-14-20)29-25-15-24(27-16-28-25)22-10-6-8-18-7-4-5-9-21(18)22/h4-16,31H,3H2,1-2H3,(H,27,28,29). The first-order valence-electron chi connectivity index (χ1n) is 11.1. The van der Waals surface area contributed by atoms with E-state index < -0.39 is 10.0 Å². The molecule has 0 unspecified atom stereocenters. The molecule has 3 aromatic carbocycles. The maximum Gasteiger partial charge on any atom is 0.264 e. The molecule has 0 saturated carbocycles. The lowest BCUT2D eigenvalue weighted by atomic mass is 10.0. The second-order valence-electron chi connectivity index (χ2n) is 8.01. The van der Waals surface area contributed by atoms with Gasteiger partial charge in [-0.1, -0.05) is 54.5 Å². The number of aryl methyl sites for hydroxylation is 1. The van der Waals surface area contributed by atoms with Gasteiger partial charge in [0, 0.05) is 22.9 Å². The number of anilines is 3. The van der Waals surface area contributed by atoms with Gasteiger partial charge in [-0.3, -0.25) is 0 Å². The van der Waals surface area contributed by atoms with Gasteiger partial charge in [0.25, 0.3) is 10.0 Å². The van der Waals surface area contributed by atoms with Crippen LogP contribution in [0.15, 0.2) is 88.5 Å². The fourth-order valence-corrected chi connectivity index (χ4v) is 4.91. The van der Waals surface area contributed by atoms with E-state index in [0.29, 0.717) is 23.5 Å². The van der Waals surface area contributed by atoms with E-state index in [1.54, 1.807) is 19.1 Å². The van der Waals surface area contributed by atoms with Gasteiger partial charge in [-0.05, 0) is 48.4 Å². The third-order valence-electron chi connectivity index (χ3n) is 5.75. The smallest absolute Gasteiger partial charge is 0.264 e. The number of hydrogen-bond donors (Lipinski definition) is 2. The van der Waals surface area contributed by atoms with Crippen LogP contribution in [0.25, 0.3) is 22.0 Å². The lowest BCUT2D eigenvalue weighted by Crippen LogP contribution is -2.13. The van der Waals surface area contributed by atoms with Crippen LogP contribution in [0.1, 0.15) is 18.2 Å². The van der Waals surface area contributed by atoms with Crippen molar-refractivity contribution < 1.29 is 12.9 Å². The van der Waals surface area contributed by atoms with Crippen molar-refractivity contribution >= 4 is 38.2 Å². The van der Waals surface area contributed by atoms with Crippen LogP contribution in [0.2, 0.25) is 0 Å². The first-order valence-corrected chi connectivity index (χ1v) is 12.6. The molecule has 176 valence electrons. The number of hydrogen-bond acceptors (Lipinski definition) is 7. The highest BCUT2D eigenvalue weighted by Crippen LogP contribution is 2.29. The van der Waals surface area contributed by atoms with Crippen molar-refractivity contribution in [3.63, 3.8) is 0 Å². The van der Waals surface area contributed by atoms with Gasteiger partial charge in [0.05, 0.1) is 16.3 Å². The Morgan fingerprint density at radius 1 is 0.943 bits per heavy atom. The van der Waals surface area contributed by atoms with Crippen molar-refractivity contribution in [2.24, 2.45) is 0 Å². The SMILES string of the molecule is CCc1noc(NS(=O)(=O)c2ccc(Nc3cc(-c4cccc5ccccc45)ncn3)cc2)c1C. The lowest BCUT2D eigenvalue weighted by Gasteiger charge is -2.10. The number of rotatable bonds is 7. The van der Waals surface area contributed by atoms with Gasteiger partial charge in [-0.15, -0.1) is 0 Å². The van der Waals surface area contributed by atoms with Gasteiger partial charge < -0.3 is 9.84 Å². The zero-order chi connectivity index (χ0) is 24.4.